The summed E-state index contributed by atoms with van der Waals surface area (Å²) in [6, 6.07) is 12.8. The van der Waals surface area contributed by atoms with Crippen LogP contribution in [-0.2, 0) is 57.6 Å². The predicted molar refractivity (Wildman–Crippen MR) is 170 cm³/mol. The van der Waals surface area contributed by atoms with Gasteiger partial charge >= 0.3 is 5.97 Å². The third-order valence-corrected chi connectivity index (χ3v) is 10.1. The van der Waals surface area contributed by atoms with Gasteiger partial charge in [-0.1, -0.05) is 48.5 Å². The largest absolute Gasteiger partial charge is 0.499 e. The monoisotopic (exact) mass is 679 g/mol. The number of carbonyl (C=O) groups excluding carboxylic acids is 3. The van der Waals surface area contributed by atoms with Crippen LogP contribution in [0.5, 0.6) is 0 Å². The molecule has 1 saturated carbocycles. The Morgan fingerprint density at radius 1 is 1.06 bits per heavy atom. The molecule has 7 rings (SSSR count). The molecule has 3 aliphatic heterocycles. The molecule has 4 fully saturated rings. The molecule has 3 heterocycles. The van der Waals surface area contributed by atoms with E-state index in [0.717, 1.165) is 22.3 Å². The second-order valence-electron chi connectivity index (χ2n) is 13.2. The number of hydrogen-bond donors (Lipinski definition) is 5. The van der Waals surface area contributed by atoms with E-state index in [1.165, 1.54) is 18.2 Å². The number of aliphatic hydroxyl groups is 3. The van der Waals surface area contributed by atoms with Crippen molar-refractivity contribution in [1.29, 1.82) is 0 Å². The van der Waals surface area contributed by atoms with Crippen molar-refractivity contribution < 1.29 is 53.5 Å². The van der Waals surface area contributed by atoms with Crippen LogP contribution in [0.25, 0.3) is 6.08 Å². The maximum atomic E-state index is 14.7. The van der Waals surface area contributed by atoms with Crippen molar-refractivity contribution in [3.8, 4) is 0 Å². The first kappa shape index (κ1) is 33.6. The second-order valence-corrected chi connectivity index (χ2v) is 13.2. The molecule has 2 bridgehead atoms. The Hall–Kier alpha value is -3.89. The summed E-state index contributed by atoms with van der Waals surface area (Å²) in [5, 5.41) is 35.5. The van der Waals surface area contributed by atoms with Gasteiger partial charge in [0.15, 0.2) is 11.8 Å². The Kier molecular flexibility index (Phi) is 9.21. The molecule has 262 valence electrons. The van der Waals surface area contributed by atoms with Gasteiger partial charge in [0.2, 0.25) is 11.8 Å². The first-order chi connectivity index (χ1) is 23.7. The van der Waals surface area contributed by atoms with E-state index in [9.17, 15) is 24.6 Å². The van der Waals surface area contributed by atoms with Crippen LogP contribution in [0.2, 0.25) is 0 Å². The Bertz CT molecular complexity index is 1590. The average Bonchev–Trinajstić information content (AvgIpc) is 3.76. The lowest BCUT2D eigenvalue weighted by Crippen LogP contribution is -2.71. The summed E-state index contributed by atoms with van der Waals surface area (Å²) < 4.78 is 24.8. The third-order valence-electron chi connectivity index (χ3n) is 10.1. The van der Waals surface area contributed by atoms with E-state index in [1.807, 2.05) is 48.5 Å². The van der Waals surface area contributed by atoms with Crippen LogP contribution in [0.3, 0.4) is 0 Å². The minimum atomic E-state index is -1.58. The fraction of sp³-hybridized carbons (Fsp3) is 0.514. The van der Waals surface area contributed by atoms with E-state index >= 15 is 0 Å². The van der Waals surface area contributed by atoms with Crippen LogP contribution >= 0.6 is 0 Å². The van der Waals surface area contributed by atoms with Crippen molar-refractivity contribution in [2.45, 2.75) is 81.1 Å². The molecule has 2 aromatic carbocycles. The summed E-state index contributed by atoms with van der Waals surface area (Å²) in [5.41, 5.74) is 2.10. The number of benzene rings is 2. The Morgan fingerprint density at radius 2 is 1.78 bits per heavy atom. The number of ether oxygens (including phenoxy) is 4. The number of carbonyl (C=O) groups is 3. The number of nitrogens with zero attached hydrogens (tertiary/aromatic N) is 1. The van der Waals surface area contributed by atoms with Gasteiger partial charge in [0, 0.05) is 25.8 Å². The van der Waals surface area contributed by atoms with Crippen molar-refractivity contribution >= 4 is 23.9 Å². The Labute approximate surface area is 282 Å². The zero-order valence-electron chi connectivity index (χ0n) is 27.0. The van der Waals surface area contributed by atoms with Gasteiger partial charge in [-0.3, -0.25) is 19.2 Å². The van der Waals surface area contributed by atoms with Gasteiger partial charge in [0.25, 0.3) is 0 Å². The molecule has 49 heavy (non-hydrogen) atoms. The SMILES string of the molecule is CC(O)C(NC(=O)C12CC3OC(=O)C1N(Cc1ccccc1C=COCCO)OC2C1OC2(Cc4ccccc4C2)OC31)C(=O)NCCO. The molecule has 2 aromatic rings. The molecular formula is C35H41N3O11. The lowest BCUT2D eigenvalue weighted by Gasteiger charge is -2.49. The maximum Gasteiger partial charge on any atom is 0.327 e. The summed E-state index contributed by atoms with van der Waals surface area (Å²) >= 11 is 0. The molecule has 14 nitrogen and oxygen atoms in total. The van der Waals surface area contributed by atoms with Gasteiger partial charge in [0.1, 0.15) is 42.5 Å². The first-order valence-corrected chi connectivity index (χ1v) is 16.6. The third kappa shape index (κ3) is 5.90. The minimum Gasteiger partial charge on any atom is -0.499 e. The van der Waals surface area contributed by atoms with Crippen molar-refractivity contribution in [3.63, 3.8) is 0 Å². The van der Waals surface area contributed by atoms with Gasteiger partial charge in [-0.2, -0.15) is 5.06 Å². The fourth-order valence-corrected chi connectivity index (χ4v) is 7.98. The van der Waals surface area contributed by atoms with Crippen LogP contribution in [-0.4, -0.2) is 113 Å². The number of hydrogen-bond acceptors (Lipinski definition) is 12. The van der Waals surface area contributed by atoms with Crippen LogP contribution in [0, 0.1) is 5.41 Å². The van der Waals surface area contributed by atoms with Gasteiger partial charge < -0.3 is 44.9 Å². The van der Waals surface area contributed by atoms with Crippen molar-refractivity contribution in [1.82, 2.24) is 15.7 Å². The van der Waals surface area contributed by atoms with Gasteiger partial charge in [-0.15, -0.1) is 0 Å². The van der Waals surface area contributed by atoms with Crippen molar-refractivity contribution in [2.24, 2.45) is 5.41 Å². The van der Waals surface area contributed by atoms with Crippen LogP contribution < -0.4 is 10.6 Å². The van der Waals surface area contributed by atoms with Crippen LogP contribution in [0.4, 0.5) is 0 Å². The van der Waals surface area contributed by atoms with E-state index in [4.69, 9.17) is 28.9 Å². The number of aliphatic hydroxyl groups excluding tert-OH is 3. The summed E-state index contributed by atoms with van der Waals surface area (Å²) in [5.74, 6) is -3.07. The van der Waals surface area contributed by atoms with E-state index < -0.39 is 71.6 Å². The minimum absolute atomic E-state index is 0.0330. The number of esters is 1. The first-order valence-electron chi connectivity index (χ1n) is 16.6. The Morgan fingerprint density at radius 3 is 2.49 bits per heavy atom. The molecule has 2 amide bonds. The van der Waals surface area contributed by atoms with E-state index in [2.05, 4.69) is 10.6 Å². The summed E-state index contributed by atoms with van der Waals surface area (Å²) in [4.78, 5) is 48.3. The molecule has 14 heteroatoms. The molecule has 0 radical (unpaired) electrons. The van der Waals surface area contributed by atoms with Gasteiger partial charge in [-0.05, 0) is 35.3 Å². The number of hydroxylamine groups is 2. The number of rotatable bonds is 12. The Balaban J connectivity index is 1.24. The zero-order chi connectivity index (χ0) is 34.3. The zero-order valence-corrected chi connectivity index (χ0v) is 27.0. The quantitative estimate of drug-likeness (QED) is 0.113. The van der Waals surface area contributed by atoms with Gasteiger partial charge in [-0.25, -0.2) is 0 Å². The summed E-state index contributed by atoms with van der Waals surface area (Å²) in [7, 11) is 0. The summed E-state index contributed by atoms with van der Waals surface area (Å²) in [6.45, 7) is 1.04. The van der Waals surface area contributed by atoms with Crippen LogP contribution in [0.15, 0.2) is 54.8 Å². The number of fused-ring (bicyclic) bond motifs is 5. The average molecular weight is 680 g/mol. The molecule has 3 saturated heterocycles. The number of amides is 2. The molecule has 1 spiro atoms. The van der Waals surface area contributed by atoms with E-state index in [0.29, 0.717) is 12.8 Å². The predicted octanol–water partition coefficient (Wildman–Crippen LogP) is -0.281. The lowest BCUT2D eigenvalue weighted by atomic mass is 9.62. The molecule has 0 aromatic heterocycles. The standard InChI is InChI=1S/C35H41N3O11/c1-20(41)26(31(42)36-11-12-39)37-33(44)35-18-25-27-28(48-34(47-27)16-22-7-3-4-8-23(22)17-34)30(35)49-38(29(35)32(43)46-25)19-24-9-5-2-6-21(24)10-14-45-15-13-40/h2-10,14,20,25-30,39-41H,11-13,15-19H2,1H3,(H,36,42)(H,37,44). The van der Waals surface area contributed by atoms with Crippen molar-refractivity contribution in [2.75, 3.05) is 26.4 Å². The van der Waals surface area contributed by atoms with Crippen molar-refractivity contribution in [3.05, 3.63) is 77.0 Å². The molecule has 8 unspecified atom stereocenters. The highest BCUT2D eigenvalue weighted by Gasteiger charge is 2.76. The highest BCUT2D eigenvalue weighted by molar-refractivity contribution is 5.96. The maximum absolute atomic E-state index is 14.7. The van der Waals surface area contributed by atoms with E-state index in [-0.39, 0.29) is 39.3 Å². The molecular weight excluding hydrogens is 638 g/mol. The van der Waals surface area contributed by atoms with Gasteiger partial charge in [0.05, 0.1) is 32.1 Å². The fourth-order valence-electron chi connectivity index (χ4n) is 7.98. The normalized spacial score (nSPS) is 30.4. The molecule has 2 aliphatic carbocycles. The lowest BCUT2D eigenvalue weighted by molar-refractivity contribution is -0.217. The number of nitrogens with one attached hydrogen (secondary N) is 2. The van der Waals surface area contributed by atoms with Crippen LogP contribution in [0.1, 0.15) is 35.6 Å². The highest BCUT2D eigenvalue weighted by Crippen LogP contribution is 2.58. The van der Waals surface area contributed by atoms with E-state index in [1.54, 1.807) is 6.08 Å². The second kappa shape index (κ2) is 13.4. The summed E-state index contributed by atoms with van der Waals surface area (Å²) in [6.07, 6.45) is -0.490. The molecule has 5 N–H and O–H groups in total. The topological polar surface area (TPSA) is 185 Å². The smallest absolute Gasteiger partial charge is 0.327 e. The highest BCUT2D eigenvalue weighted by atomic mass is 16.8. The molecule has 5 aliphatic rings. The molecule has 8 atom stereocenters.